The van der Waals surface area contributed by atoms with Gasteiger partial charge in [0.2, 0.25) is 5.91 Å². The Morgan fingerprint density at radius 2 is 2.00 bits per heavy atom. The Balaban J connectivity index is 0.00000338. The highest BCUT2D eigenvalue weighted by molar-refractivity contribution is 5.85. The number of carbonyl (C=O) groups excluding carboxylic acids is 1. The van der Waals surface area contributed by atoms with Crippen LogP contribution in [-0.4, -0.2) is 25.7 Å². The summed E-state index contributed by atoms with van der Waals surface area (Å²) in [6.07, 6.45) is 3.76. The Morgan fingerprint density at radius 1 is 1.27 bits per heavy atom. The summed E-state index contributed by atoms with van der Waals surface area (Å²) in [5.74, 6) is 2.00. The highest BCUT2D eigenvalue weighted by atomic mass is 35.5. The molecule has 26 heavy (non-hydrogen) atoms. The molecular weight excluding hydrogens is 352 g/mol. The molecule has 0 bridgehead atoms. The number of hydrogen-bond acceptors (Lipinski definition) is 4. The van der Waals surface area contributed by atoms with E-state index in [1.165, 1.54) is 0 Å². The number of halogens is 1. The summed E-state index contributed by atoms with van der Waals surface area (Å²) in [6.45, 7) is 6.85. The minimum atomic E-state index is -0.0845. The molecule has 148 valence electrons. The molecule has 0 aliphatic heterocycles. The maximum absolute atomic E-state index is 12.5. The number of methoxy groups -OCH3 is 1. The fourth-order valence-electron chi connectivity index (χ4n) is 3.21. The number of amides is 1. The van der Waals surface area contributed by atoms with Gasteiger partial charge >= 0.3 is 0 Å². The summed E-state index contributed by atoms with van der Waals surface area (Å²) in [7, 11) is 1.63. The fourth-order valence-corrected chi connectivity index (χ4v) is 3.21. The molecule has 0 radical (unpaired) electrons. The van der Waals surface area contributed by atoms with Crippen molar-refractivity contribution in [2.24, 2.45) is 17.6 Å². The lowest BCUT2D eigenvalue weighted by molar-refractivity contribution is -0.126. The number of hydrogen-bond donors (Lipinski definition) is 2. The number of nitrogens with two attached hydrogens (primary N) is 1. The Kier molecular flexibility index (Phi) is 9.23. The van der Waals surface area contributed by atoms with Gasteiger partial charge < -0.3 is 20.5 Å². The summed E-state index contributed by atoms with van der Waals surface area (Å²) in [6, 6.07) is 5.90. The van der Waals surface area contributed by atoms with Crippen molar-refractivity contribution in [3.05, 3.63) is 23.8 Å². The average Bonchev–Trinajstić information content (AvgIpc) is 2.59. The molecule has 1 saturated carbocycles. The fraction of sp³-hybridized carbons (Fsp3) is 0.650. The van der Waals surface area contributed by atoms with Gasteiger partial charge in [-0.3, -0.25) is 4.79 Å². The van der Waals surface area contributed by atoms with Crippen LogP contribution < -0.4 is 20.5 Å². The molecule has 0 heterocycles. The van der Waals surface area contributed by atoms with E-state index < -0.39 is 0 Å². The van der Waals surface area contributed by atoms with E-state index in [9.17, 15) is 4.79 Å². The summed E-state index contributed by atoms with van der Waals surface area (Å²) in [5.41, 5.74) is 7.00. The topological polar surface area (TPSA) is 73.6 Å². The van der Waals surface area contributed by atoms with E-state index in [1.807, 2.05) is 25.1 Å². The Bertz CT molecular complexity index is 580. The molecule has 3 unspecified atom stereocenters. The van der Waals surface area contributed by atoms with Crippen molar-refractivity contribution in [3.8, 4) is 11.5 Å². The van der Waals surface area contributed by atoms with Gasteiger partial charge in [-0.15, -0.1) is 12.4 Å². The van der Waals surface area contributed by atoms with Crippen LogP contribution in [0.15, 0.2) is 18.2 Å². The van der Waals surface area contributed by atoms with Crippen LogP contribution in [0.2, 0.25) is 0 Å². The summed E-state index contributed by atoms with van der Waals surface area (Å²) >= 11 is 0. The molecule has 0 saturated heterocycles. The van der Waals surface area contributed by atoms with Crippen molar-refractivity contribution < 1.29 is 14.3 Å². The van der Waals surface area contributed by atoms with Crippen LogP contribution in [0.4, 0.5) is 0 Å². The molecule has 6 heteroatoms. The van der Waals surface area contributed by atoms with Crippen molar-refractivity contribution >= 4 is 18.3 Å². The van der Waals surface area contributed by atoms with Crippen LogP contribution in [0.25, 0.3) is 0 Å². The average molecular weight is 385 g/mol. The monoisotopic (exact) mass is 384 g/mol. The zero-order valence-corrected chi connectivity index (χ0v) is 17.1. The summed E-state index contributed by atoms with van der Waals surface area (Å²) in [4.78, 5) is 12.5. The number of nitrogens with one attached hydrogen (secondary N) is 1. The molecule has 1 aromatic rings. The van der Waals surface area contributed by atoms with Gasteiger partial charge in [-0.1, -0.05) is 26.3 Å². The maximum Gasteiger partial charge on any atom is 0.223 e. The van der Waals surface area contributed by atoms with Gasteiger partial charge in [0, 0.05) is 12.0 Å². The Morgan fingerprint density at radius 3 is 2.62 bits per heavy atom. The molecule has 0 aromatic heterocycles. The predicted octanol–water partition coefficient (Wildman–Crippen LogP) is 3.85. The third-order valence-corrected chi connectivity index (χ3v) is 4.70. The highest BCUT2D eigenvalue weighted by Crippen LogP contribution is 2.31. The molecule has 1 fully saturated rings. The van der Waals surface area contributed by atoms with Crippen LogP contribution in [0, 0.1) is 11.8 Å². The minimum absolute atomic E-state index is 0. The van der Waals surface area contributed by atoms with Gasteiger partial charge in [-0.25, -0.2) is 0 Å². The van der Waals surface area contributed by atoms with Crippen LogP contribution >= 0.6 is 12.4 Å². The van der Waals surface area contributed by atoms with E-state index in [1.54, 1.807) is 7.11 Å². The van der Waals surface area contributed by atoms with Gasteiger partial charge in [0.15, 0.2) is 11.5 Å². The van der Waals surface area contributed by atoms with Gasteiger partial charge in [0.1, 0.15) is 0 Å². The molecule has 3 atom stereocenters. The largest absolute Gasteiger partial charge is 0.493 e. The molecule has 1 aromatic carbocycles. The molecule has 1 aliphatic rings. The van der Waals surface area contributed by atoms with Crippen molar-refractivity contribution in [1.82, 2.24) is 5.32 Å². The van der Waals surface area contributed by atoms with Gasteiger partial charge in [0.25, 0.3) is 0 Å². The van der Waals surface area contributed by atoms with Crippen molar-refractivity contribution in [2.45, 2.75) is 58.5 Å². The molecule has 1 amide bonds. The zero-order chi connectivity index (χ0) is 18.4. The van der Waals surface area contributed by atoms with Crippen molar-refractivity contribution in [1.29, 1.82) is 0 Å². The minimum Gasteiger partial charge on any atom is -0.493 e. The second-order valence-electron chi connectivity index (χ2n) is 7.47. The van der Waals surface area contributed by atoms with Crippen LogP contribution in [0.3, 0.4) is 0 Å². The van der Waals surface area contributed by atoms with E-state index in [2.05, 4.69) is 19.2 Å². The maximum atomic E-state index is 12.5. The van der Waals surface area contributed by atoms with Crippen molar-refractivity contribution in [2.75, 3.05) is 13.7 Å². The van der Waals surface area contributed by atoms with Crippen molar-refractivity contribution in [3.63, 3.8) is 0 Å². The van der Waals surface area contributed by atoms with Crippen LogP contribution in [0.5, 0.6) is 11.5 Å². The quantitative estimate of drug-likeness (QED) is 0.748. The molecule has 5 nitrogen and oxygen atoms in total. The first-order valence-corrected chi connectivity index (χ1v) is 9.27. The molecule has 3 N–H and O–H groups in total. The van der Waals surface area contributed by atoms with Gasteiger partial charge in [-0.2, -0.15) is 0 Å². The second-order valence-corrected chi connectivity index (χ2v) is 7.47. The molecule has 1 aliphatic carbocycles. The van der Waals surface area contributed by atoms with Crippen LogP contribution in [0.1, 0.15) is 58.1 Å². The summed E-state index contributed by atoms with van der Waals surface area (Å²) in [5, 5.41) is 3.12. The third kappa shape index (κ3) is 6.36. The first-order chi connectivity index (χ1) is 11.9. The number of benzene rings is 1. The number of rotatable bonds is 7. The van der Waals surface area contributed by atoms with E-state index in [0.717, 1.165) is 37.0 Å². The lowest BCUT2D eigenvalue weighted by Crippen LogP contribution is -2.38. The van der Waals surface area contributed by atoms with E-state index >= 15 is 0 Å². The van der Waals surface area contributed by atoms with E-state index in [4.69, 9.17) is 15.2 Å². The molecule has 0 spiro atoms. The standard InChI is InChI=1S/C20H32N2O3.ClH/c1-13(2)12-25-18-9-8-15(11-19(18)24-4)14(3)22-20(23)16-6-5-7-17(21)10-16;/h8-9,11,13-14,16-17H,5-7,10,12,21H2,1-4H3,(H,22,23);1H. The van der Waals surface area contributed by atoms with Gasteiger partial charge in [0.05, 0.1) is 19.8 Å². The second kappa shape index (κ2) is 10.6. The van der Waals surface area contributed by atoms with E-state index in [0.29, 0.717) is 18.3 Å². The van der Waals surface area contributed by atoms with Crippen LogP contribution in [-0.2, 0) is 4.79 Å². The van der Waals surface area contributed by atoms with E-state index in [-0.39, 0.29) is 36.3 Å². The number of carbonyl (C=O) groups is 1. The predicted molar refractivity (Wildman–Crippen MR) is 107 cm³/mol. The molecular formula is C20H33ClN2O3. The third-order valence-electron chi connectivity index (χ3n) is 4.70. The smallest absolute Gasteiger partial charge is 0.223 e. The highest BCUT2D eigenvalue weighted by Gasteiger charge is 2.26. The Hall–Kier alpha value is -1.46. The molecule has 2 rings (SSSR count). The first-order valence-electron chi connectivity index (χ1n) is 9.27. The first kappa shape index (κ1) is 22.6. The summed E-state index contributed by atoms with van der Waals surface area (Å²) < 4.78 is 11.2. The van der Waals surface area contributed by atoms with Gasteiger partial charge in [-0.05, 0) is 49.8 Å². The SMILES string of the molecule is COc1cc(C(C)NC(=O)C2CCCC(N)C2)ccc1OCC(C)C.Cl. The normalized spacial score (nSPS) is 20.8. The number of ether oxygens (including phenoxy) is 2. The lowest BCUT2D eigenvalue weighted by Gasteiger charge is -2.27. The lowest BCUT2D eigenvalue weighted by atomic mass is 9.85. The Labute approximate surface area is 163 Å². The zero-order valence-electron chi connectivity index (χ0n) is 16.3.